The number of fused-ring (bicyclic) bond motifs is 6. The molecule has 3 aliphatic rings. The van der Waals surface area contributed by atoms with Crippen LogP contribution >= 0.6 is 0 Å². The molecule has 1 N–H and O–H groups in total. The van der Waals surface area contributed by atoms with Gasteiger partial charge in [0, 0.05) is 22.8 Å². The van der Waals surface area contributed by atoms with Gasteiger partial charge in [-0.15, -0.1) is 0 Å². The molecule has 3 heterocycles. The largest absolute Gasteiger partial charge is 0.508 e. The number of aromatic hydroxyl groups is 1. The maximum atomic E-state index is 10.3. The number of benzene rings is 2. The zero-order valence-corrected chi connectivity index (χ0v) is 14.7. The number of allylic oxidation sites excluding steroid dienone is 2. The first-order valence-corrected chi connectivity index (χ1v) is 8.83. The van der Waals surface area contributed by atoms with Gasteiger partial charge < -0.3 is 24.1 Å². The highest BCUT2D eigenvalue weighted by Crippen LogP contribution is 2.55. The predicted molar refractivity (Wildman–Crippen MR) is 95.4 cm³/mol. The van der Waals surface area contributed by atoms with E-state index in [0.717, 1.165) is 39.7 Å². The van der Waals surface area contributed by atoms with Gasteiger partial charge in [0.05, 0.1) is 12.5 Å². The number of phenolic OH excluding ortho intramolecular Hbond substituents is 1. The van der Waals surface area contributed by atoms with Crippen LogP contribution in [0.25, 0.3) is 0 Å². The fourth-order valence-corrected chi connectivity index (χ4v) is 3.88. The first kappa shape index (κ1) is 15.4. The highest BCUT2D eigenvalue weighted by atomic mass is 16.7. The Labute approximate surface area is 151 Å². The number of phenols is 1. The van der Waals surface area contributed by atoms with Crippen LogP contribution in [0, 0.1) is 0 Å². The Morgan fingerprint density at radius 3 is 2.69 bits per heavy atom. The van der Waals surface area contributed by atoms with Crippen LogP contribution in [0.5, 0.6) is 28.7 Å². The molecule has 0 fully saturated rings. The van der Waals surface area contributed by atoms with Crippen molar-refractivity contribution in [3.05, 3.63) is 52.6 Å². The summed E-state index contributed by atoms with van der Waals surface area (Å²) in [4.78, 5) is 0. The lowest BCUT2D eigenvalue weighted by molar-refractivity contribution is 0.137. The standard InChI is InChI=1S/C21H20O5/c1-11(2)3-4-12-16(22)6-5-13-20(12)23-9-15-14-7-18-19(25-10-24-18)8-17(14)26-21(13)15/h3,5-8,15,21-22H,4,9-10H2,1-2H3/t15-,21-/m0/s1. The van der Waals surface area contributed by atoms with Crippen molar-refractivity contribution < 1.29 is 24.1 Å². The smallest absolute Gasteiger partial charge is 0.231 e. The molecule has 26 heavy (non-hydrogen) atoms. The van der Waals surface area contributed by atoms with Gasteiger partial charge in [-0.1, -0.05) is 11.6 Å². The van der Waals surface area contributed by atoms with E-state index in [1.165, 1.54) is 5.57 Å². The second-order valence-electron chi connectivity index (χ2n) is 7.17. The van der Waals surface area contributed by atoms with Crippen molar-refractivity contribution in [1.29, 1.82) is 0 Å². The molecule has 0 aromatic heterocycles. The first-order valence-electron chi connectivity index (χ1n) is 8.83. The zero-order chi connectivity index (χ0) is 17.8. The van der Waals surface area contributed by atoms with E-state index in [4.69, 9.17) is 18.9 Å². The molecule has 0 bridgehead atoms. The topological polar surface area (TPSA) is 57.2 Å². The van der Waals surface area contributed by atoms with Crippen molar-refractivity contribution in [3.63, 3.8) is 0 Å². The summed E-state index contributed by atoms with van der Waals surface area (Å²) >= 11 is 0. The second kappa shape index (κ2) is 5.59. The highest BCUT2D eigenvalue weighted by molar-refractivity contribution is 5.59. The van der Waals surface area contributed by atoms with Gasteiger partial charge in [-0.2, -0.15) is 0 Å². The Bertz CT molecular complexity index is 926. The molecule has 0 aliphatic carbocycles. The van der Waals surface area contributed by atoms with Gasteiger partial charge in [0.15, 0.2) is 11.5 Å². The Balaban J connectivity index is 1.55. The number of hydrogen-bond acceptors (Lipinski definition) is 5. The monoisotopic (exact) mass is 352 g/mol. The maximum absolute atomic E-state index is 10.3. The molecule has 134 valence electrons. The molecule has 5 rings (SSSR count). The summed E-state index contributed by atoms with van der Waals surface area (Å²) in [7, 11) is 0. The summed E-state index contributed by atoms with van der Waals surface area (Å²) < 4.78 is 23.4. The van der Waals surface area contributed by atoms with Crippen LogP contribution in [-0.2, 0) is 6.42 Å². The zero-order valence-electron chi connectivity index (χ0n) is 14.7. The van der Waals surface area contributed by atoms with Gasteiger partial charge in [0.2, 0.25) is 6.79 Å². The van der Waals surface area contributed by atoms with E-state index in [1.54, 1.807) is 6.07 Å². The molecular weight excluding hydrogens is 332 g/mol. The van der Waals surface area contributed by atoms with Crippen LogP contribution in [0.1, 0.15) is 42.6 Å². The molecule has 0 saturated heterocycles. The van der Waals surface area contributed by atoms with Crippen molar-refractivity contribution in [3.8, 4) is 28.7 Å². The Morgan fingerprint density at radius 1 is 1.08 bits per heavy atom. The van der Waals surface area contributed by atoms with Crippen molar-refractivity contribution in [2.75, 3.05) is 13.4 Å². The van der Waals surface area contributed by atoms with Crippen LogP contribution < -0.4 is 18.9 Å². The third kappa shape index (κ3) is 2.23. The van der Waals surface area contributed by atoms with Crippen LogP contribution in [0.2, 0.25) is 0 Å². The summed E-state index contributed by atoms with van der Waals surface area (Å²) in [6, 6.07) is 7.54. The summed E-state index contributed by atoms with van der Waals surface area (Å²) in [5.74, 6) is 3.41. The van der Waals surface area contributed by atoms with Crippen LogP contribution in [-0.4, -0.2) is 18.5 Å². The molecule has 0 radical (unpaired) electrons. The van der Waals surface area contributed by atoms with Gasteiger partial charge in [-0.25, -0.2) is 0 Å². The summed E-state index contributed by atoms with van der Waals surface area (Å²) in [6.45, 7) is 4.85. The van der Waals surface area contributed by atoms with Gasteiger partial charge in [-0.3, -0.25) is 0 Å². The lowest BCUT2D eigenvalue weighted by Crippen LogP contribution is -2.24. The van der Waals surface area contributed by atoms with E-state index in [0.29, 0.717) is 13.0 Å². The number of ether oxygens (including phenoxy) is 4. The van der Waals surface area contributed by atoms with E-state index in [1.807, 2.05) is 32.0 Å². The molecular formula is C21H20O5. The SMILES string of the molecule is CC(C)=CCc1c(O)ccc2c1OC[C@H]1c3cc4c(cc3O[C@@H]21)OCO4. The average Bonchev–Trinajstić information content (AvgIpc) is 3.21. The lowest BCUT2D eigenvalue weighted by Gasteiger charge is -2.29. The fourth-order valence-electron chi connectivity index (χ4n) is 3.88. The molecule has 3 aliphatic heterocycles. The quantitative estimate of drug-likeness (QED) is 0.820. The molecule has 5 heteroatoms. The Kier molecular flexibility index (Phi) is 3.32. The molecule has 2 aromatic rings. The molecule has 0 saturated carbocycles. The Morgan fingerprint density at radius 2 is 1.88 bits per heavy atom. The normalized spacial score (nSPS) is 21.2. The molecule has 5 nitrogen and oxygen atoms in total. The summed E-state index contributed by atoms with van der Waals surface area (Å²) in [6.07, 6.45) is 2.61. The number of rotatable bonds is 2. The minimum atomic E-state index is -0.123. The summed E-state index contributed by atoms with van der Waals surface area (Å²) in [5, 5.41) is 10.3. The third-order valence-corrected chi connectivity index (χ3v) is 5.22. The van der Waals surface area contributed by atoms with Crippen molar-refractivity contribution in [2.24, 2.45) is 0 Å². The minimum absolute atomic E-state index is 0.104. The fraction of sp³-hybridized carbons (Fsp3) is 0.333. The minimum Gasteiger partial charge on any atom is -0.508 e. The molecule has 0 spiro atoms. The van der Waals surface area contributed by atoms with Crippen LogP contribution in [0.15, 0.2) is 35.9 Å². The third-order valence-electron chi connectivity index (χ3n) is 5.22. The van der Waals surface area contributed by atoms with Crippen LogP contribution in [0.4, 0.5) is 0 Å². The van der Waals surface area contributed by atoms with Crippen molar-refractivity contribution in [1.82, 2.24) is 0 Å². The second-order valence-corrected chi connectivity index (χ2v) is 7.17. The van der Waals surface area contributed by atoms with E-state index in [2.05, 4.69) is 6.08 Å². The lowest BCUT2D eigenvalue weighted by atomic mass is 9.87. The highest BCUT2D eigenvalue weighted by Gasteiger charge is 2.42. The van der Waals surface area contributed by atoms with Gasteiger partial charge in [0.1, 0.15) is 23.4 Å². The average molecular weight is 352 g/mol. The Hall–Kier alpha value is -2.82. The molecule has 0 amide bonds. The number of hydrogen-bond donors (Lipinski definition) is 1. The van der Waals surface area contributed by atoms with E-state index in [-0.39, 0.29) is 24.6 Å². The van der Waals surface area contributed by atoms with E-state index < -0.39 is 0 Å². The van der Waals surface area contributed by atoms with Crippen molar-refractivity contribution in [2.45, 2.75) is 32.3 Å². The summed E-state index contributed by atoms with van der Waals surface area (Å²) in [5.41, 5.74) is 4.09. The predicted octanol–water partition coefficient (Wildman–Crippen LogP) is 4.24. The van der Waals surface area contributed by atoms with Crippen LogP contribution in [0.3, 0.4) is 0 Å². The van der Waals surface area contributed by atoms with Gasteiger partial charge >= 0.3 is 0 Å². The van der Waals surface area contributed by atoms with Gasteiger partial charge in [0.25, 0.3) is 0 Å². The van der Waals surface area contributed by atoms with Gasteiger partial charge in [-0.05, 0) is 38.5 Å². The van der Waals surface area contributed by atoms with Crippen molar-refractivity contribution >= 4 is 0 Å². The molecule has 2 atom stereocenters. The van der Waals surface area contributed by atoms with E-state index in [9.17, 15) is 5.11 Å². The first-order chi connectivity index (χ1) is 12.6. The molecule has 0 unspecified atom stereocenters. The van der Waals surface area contributed by atoms with E-state index >= 15 is 0 Å². The maximum Gasteiger partial charge on any atom is 0.231 e. The molecule has 2 aromatic carbocycles.